The van der Waals surface area contributed by atoms with Crippen molar-refractivity contribution in [3.8, 4) is 0 Å². The van der Waals surface area contributed by atoms with Crippen LogP contribution >= 0.6 is 11.3 Å². The van der Waals surface area contributed by atoms with E-state index >= 15 is 0 Å². The van der Waals surface area contributed by atoms with Gasteiger partial charge in [-0.15, -0.1) is 11.3 Å². The Bertz CT molecular complexity index is 623. The van der Waals surface area contributed by atoms with Gasteiger partial charge in [0.15, 0.2) is 0 Å². The maximum Gasteiger partial charge on any atom is 0.316 e. The molecule has 3 rings (SSSR count). The van der Waals surface area contributed by atoms with Crippen LogP contribution in [0.5, 0.6) is 0 Å². The number of rotatable bonds is 3. The SMILES string of the molecule is O=C(O)C(c1ccccc1)c1cc2c(s1)C(O)CNC2. The fraction of sp³-hybridized carbons (Fsp3) is 0.267. The lowest BCUT2D eigenvalue weighted by atomic mass is 9.96. The van der Waals surface area contributed by atoms with Crippen molar-refractivity contribution >= 4 is 17.3 Å². The highest BCUT2D eigenvalue weighted by Crippen LogP contribution is 2.37. The zero-order chi connectivity index (χ0) is 14.1. The van der Waals surface area contributed by atoms with E-state index in [-0.39, 0.29) is 0 Å². The molecule has 2 aromatic rings. The number of aliphatic hydroxyl groups is 1. The molecule has 0 bridgehead atoms. The predicted molar refractivity (Wildman–Crippen MR) is 76.9 cm³/mol. The topological polar surface area (TPSA) is 69.6 Å². The van der Waals surface area contributed by atoms with Gasteiger partial charge in [0.25, 0.3) is 0 Å². The van der Waals surface area contributed by atoms with E-state index in [1.54, 1.807) is 0 Å². The van der Waals surface area contributed by atoms with Crippen LogP contribution in [0.25, 0.3) is 0 Å². The van der Waals surface area contributed by atoms with Crippen molar-refractivity contribution in [2.75, 3.05) is 6.54 Å². The predicted octanol–water partition coefficient (Wildman–Crippen LogP) is 2.10. The summed E-state index contributed by atoms with van der Waals surface area (Å²) >= 11 is 1.40. The van der Waals surface area contributed by atoms with E-state index in [1.807, 2.05) is 36.4 Å². The lowest BCUT2D eigenvalue weighted by Gasteiger charge is -2.17. The second kappa shape index (κ2) is 5.36. The van der Waals surface area contributed by atoms with E-state index in [1.165, 1.54) is 11.3 Å². The van der Waals surface area contributed by atoms with E-state index in [2.05, 4.69) is 5.32 Å². The highest BCUT2D eigenvalue weighted by atomic mass is 32.1. The molecule has 2 atom stereocenters. The van der Waals surface area contributed by atoms with Crippen LogP contribution in [0.15, 0.2) is 36.4 Å². The minimum Gasteiger partial charge on any atom is -0.481 e. The molecule has 0 radical (unpaired) electrons. The van der Waals surface area contributed by atoms with E-state index in [0.717, 1.165) is 20.9 Å². The second-order valence-corrected chi connectivity index (χ2v) is 5.98. The number of nitrogens with one attached hydrogen (secondary N) is 1. The van der Waals surface area contributed by atoms with E-state index in [9.17, 15) is 15.0 Å². The van der Waals surface area contributed by atoms with Crippen LogP contribution in [-0.4, -0.2) is 22.7 Å². The molecule has 1 aliphatic heterocycles. The number of fused-ring (bicyclic) bond motifs is 1. The molecule has 2 unspecified atom stereocenters. The Morgan fingerprint density at radius 3 is 2.75 bits per heavy atom. The molecule has 0 spiro atoms. The first-order valence-electron chi connectivity index (χ1n) is 6.46. The van der Waals surface area contributed by atoms with Gasteiger partial charge in [-0.2, -0.15) is 0 Å². The van der Waals surface area contributed by atoms with E-state index in [0.29, 0.717) is 13.1 Å². The zero-order valence-electron chi connectivity index (χ0n) is 10.7. The fourth-order valence-corrected chi connectivity index (χ4v) is 3.83. The molecule has 0 aliphatic carbocycles. The van der Waals surface area contributed by atoms with E-state index in [4.69, 9.17) is 0 Å². The number of benzene rings is 1. The van der Waals surface area contributed by atoms with Gasteiger partial charge in [0, 0.05) is 22.8 Å². The molecule has 0 saturated heterocycles. The van der Waals surface area contributed by atoms with Crippen LogP contribution in [0.2, 0.25) is 0 Å². The second-order valence-electron chi connectivity index (χ2n) is 4.87. The number of β-amino-alcohol motifs (C(OH)–C–C–N with tert-alkyl or cyclic N) is 1. The molecule has 1 aromatic carbocycles. The lowest BCUT2D eigenvalue weighted by Crippen LogP contribution is -2.26. The van der Waals surface area contributed by atoms with Gasteiger partial charge >= 0.3 is 5.97 Å². The fourth-order valence-electron chi connectivity index (χ4n) is 2.54. The Hall–Kier alpha value is -1.69. The Kier molecular flexibility index (Phi) is 3.56. The number of carbonyl (C=O) groups is 1. The number of hydrogen-bond donors (Lipinski definition) is 3. The molecular formula is C15H15NO3S. The summed E-state index contributed by atoms with van der Waals surface area (Å²) in [6.45, 7) is 1.21. The van der Waals surface area contributed by atoms with Gasteiger partial charge in [-0.25, -0.2) is 0 Å². The molecule has 1 aromatic heterocycles. The quantitative estimate of drug-likeness (QED) is 0.809. The molecule has 1 aliphatic rings. The van der Waals surface area contributed by atoms with Crippen LogP contribution < -0.4 is 5.32 Å². The first-order chi connectivity index (χ1) is 9.66. The molecule has 0 amide bonds. The molecule has 5 heteroatoms. The molecule has 0 saturated carbocycles. The monoisotopic (exact) mass is 289 g/mol. The van der Waals surface area contributed by atoms with Gasteiger partial charge in [0.1, 0.15) is 12.0 Å². The average Bonchev–Trinajstić information content (AvgIpc) is 2.85. The van der Waals surface area contributed by atoms with Gasteiger partial charge in [-0.05, 0) is 17.2 Å². The van der Waals surface area contributed by atoms with Crippen LogP contribution in [0.4, 0.5) is 0 Å². The summed E-state index contributed by atoms with van der Waals surface area (Å²) in [7, 11) is 0. The molecule has 2 heterocycles. The molecule has 20 heavy (non-hydrogen) atoms. The minimum absolute atomic E-state index is 0.524. The number of carboxylic acids is 1. The van der Waals surface area contributed by atoms with Crippen molar-refractivity contribution in [1.82, 2.24) is 5.32 Å². The average molecular weight is 289 g/mol. The van der Waals surface area contributed by atoms with Crippen molar-refractivity contribution in [2.24, 2.45) is 0 Å². The van der Waals surface area contributed by atoms with Crippen LogP contribution in [0, 0.1) is 0 Å². The molecule has 4 nitrogen and oxygen atoms in total. The number of hydrogen-bond acceptors (Lipinski definition) is 4. The van der Waals surface area contributed by atoms with Crippen LogP contribution in [0.3, 0.4) is 0 Å². The largest absolute Gasteiger partial charge is 0.481 e. The lowest BCUT2D eigenvalue weighted by molar-refractivity contribution is -0.137. The summed E-state index contributed by atoms with van der Waals surface area (Å²) in [5.41, 5.74) is 1.77. The molecule has 104 valence electrons. The number of carboxylic acid groups (broad SMARTS) is 1. The summed E-state index contributed by atoms with van der Waals surface area (Å²) in [5, 5.41) is 22.6. The van der Waals surface area contributed by atoms with Gasteiger partial charge in [-0.1, -0.05) is 30.3 Å². The smallest absolute Gasteiger partial charge is 0.316 e. The van der Waals surface area contributed by atoms with Gasteiger partial charge in [0.2, 0.25) is 0 Å². The summed E-state index contributed by atoms with van der Waals surface area (Å²) in [6.07, 6.45) is -0.539. The standard InChI is InChI=1S/C15H15NO3S/c17-11-8-16-7-10-6-12(20-14(10)11)13(15(18)19)9-4-2-1-3-5-9/h1-6,11,13,16-17H,7-8H2,(H,18,19). The molecule has 0 fully saturated rings. The van der Waals surface area contributed by atoms with Gasteiger partial charge < -0.3 is 15.5 Å². The van der Waals surface area contributed by atoms with Crippen molar-refractivity contribution in [3.05, 3.63) is 57.3 Å². The van der Waals surface area contributed by atoms with Crippen molar-refractivity contribution in [3.63, 3.8) is 0 Å². The Labute approximate surface area is 120 Å². The number of aliphatic hydroxyl groups excluding tert-OH is 1. The van der Waals surface area contributed by atoms with Crippen molar-refractivity contribution < 1.29 is 15.0 Å². The third-order valence-electron chi connectivity index (χ3n) is 3.48. The van der Waals surface area contributed by atoms with Crippen LogP contribution in [-0.2, 0) is 11.3 Å². The normalized spacial score (nSPS) is 19.4. The zero-order valence-corrected chi connectivity index (χ0v) is 11.6. The van der Waals surface area contributed by atoms with Crippen molar-refractivity contribution in [2.45, 2.75) is 18.6 Å². The van der Waals surface area contributed by atoms with Gasteiger partial charge in [-0.3, -0.25) is 4.79 Å². The molecular weight excluding hydrogens is 274 g/mol. The Morgan fingerprint density at radius 2 is 2.10 bits per heavy atom. The Morgan fingerprint density at radius 1 is 1.35 bits per heavy atom. The summed E-state index contributed by atoms with van der Waals surface area (Å²) < 4.78 is 0. The summed E-state index contributed by atoms with van der Waals surface area (Å²) in [5.74, 6) is -1.53. The van der Waals surface area contributed by atoms with Crippen molar-refractivity contribution in [1.29, 1.82) is 0 Å². The van der Waals surface area contributed by atoms with Gasteiger partial charge in [0.05, 0.1) is 0 Å². The highest BCUT2D eigenvalue weighted by molar-refractivity contribution is 7.12. The Balaban J connectivity index is 2.03. The third-order valence-corrected chi connectivity index (χ3v) is 4.82. The maximum atomic E-state index is 11.6. The summed E-state index contributed by atoms with van der Waals surface area (Å²) in [4.78, 5) is 13.3. The maximum absolute atomic E-state index is 11.6. The first kappa shape index (κ1) is 13.3. The summed E-state index contributed by atoms with van der Waals surface area (Å²) in [6, 6.07) is 11.1. The third kappa shape index (κ3) is 2.35. The van der Waals surface area contributed by atoms with Crippen LogP contribution in [0.1, 0.15) is 32.9 Å². The molecule has 3 N–H and O–H groups in total. The highest BCUT2D eigenvalue weighted by Gasteiger charge is 2.28. The van der Waals surface area contributed by atoms with E-state index < -0.39 is 18.0 Å². The minimum atomic E-state index is -0.864. The number of thiophene rings is 1. The number of aliphatic carboxylic acids is 1. The first-order valence-corrected chi connectivity index (χ1v) is 7.27.